The Bertz CT molecular complexity index is 765. The second kappa shape index (κ2) is 5.65. The van der Waals surface area contributed by atoms with E-state index in [2.05, 4.69) is 24.3 Å². The zero-order valence-electron chi connectivity index (χ0n) is 10.5. The first kappa shape index (κ1) is 13.8. The Hall–Kier alpha value is -1.21. The molecule has 0 amide bonds. The summed E-state index contributed by atoms with van der Waals surface area (Å²) in [6.07, 6.45) is 0. The molecule has 0 aliphatic heterocycles. The predicted octanol–water partition coefficient (Wildman–Crippen LogP) is 6.47. The third-order valence-electron chi connectivity index (χ3n) is 3.30. The standard InChI is InChI=1S/C17H11Cl3/c18-15-8-7-14(10-16(15)19)17(20)13-6-5-11-3-1-2-4-12(11)9-13/h1-10,17H. The maximum Gasteiger partial charge on any atom is 0.0836 e. The summed E-state index contributed by atoms with van der Waals surface area (Å²) in [7, 11) is 0. The maximum atomic E-state index is 6.55. The van der Waals surface area contributed by atoms with Crippen LogP contribution in [0.15, 0.2) is 60.7 Å². The van der Waals surface area contributed by atoms with Gasteiger partial charge in [0.15, 0.2) is 0 Å². The van der Waals surface area contributed by atoms with E-state index < -0.39 is 0 Å². The molecule has 0 aliphatic rings. The van der Waals surface area contributed by atoms with Crippen LogP contribution in [0.1, 0.15) is 16.5 Å². The van der Waals surface area contributed by atoms with Gasteiger partial charge in [-0.15, -0.1) is 11.6 Å². The Labute approximate surface area is 132 Å². The Balaban J connectivity index is 2.02. The van der Waals surface area contributed by atoms with E-state index in [9.17, 15) is 0 Å². The molecule has 1 atom stereocenters. The van der Waals surface area contributed by atoms with Gasteiger partial charge in [-0.1, -0.05) is 65.7 Å². The van der Waals surface area contributed by atoms with Crippen molar-refractivity contribution >= 4 is 45.6 Å². The molecule has 0 aliphatic carbocycles. The molecule has 0 heterocycles. The van der Waals surface area contributed by atoms with Crippen molar-refractivity contribution in [2.24, 2.45) is 0 Å². The molecule has 3 heteroatoms. The van der Waals surface area contributed by atoms with Gasteiger partial charge in [0, 0.05) is 0 Å². The Morgan fingerprint density at radius 3 is 2.05 bits per heavy atom. The van der Waals surface area contributed by atoms with E-state index in [1.807, 2.05) is 30.3 Å². The molecular formula is C17H11Cl3. The lowest BCUT2D eigenvalue weighted by Gasteiger charge is -2.12. The average Bonchev–Trinajstić information content (AvgIpc) is 2.49. The minimum absolute atomic E-state index is 0.241. The highest BCUT2D eigenvalue weighted by atomic mass is 35.5. The second-order valence-corrected chi connectivity index (χ2v) is 5.89. The molecule has 0 spiro atoms. The highest BCUT2D eigenvalue weighted by Crippen LogP contribution is 2.34. The normalized spacial score (nSPS) is 12.6. The van der Waals surface area contributed by atoms with E-state index in [1.165, 1.54) is 10.8 Å². The molecule has 3 aromatic rings. The molecule has 0 bridgehead atoms. The SMILES string of the molecule is Clc1ccc(C(Cl)c2ccc3ccccc3c2)cc1Cl. The minimum atomic E-state index is -0.241. The number of hydrogen-bond acceptors (Lipinski definition) is 0. The highest BCUT2D eigenvalue weighted by molar-refractivity contribution is 6.42. The summed E-state index contributed by atoms with van der Waals surface area (Å²) in [5.74, 6) is 0. The largest absolute Gasteiger partial charge is 0.113 e. The van der Waals surface area contributed by atoms with Crippen molar-refractivity contribution in [3.8, 4) is 0 Å². The summed E-state index contributed by atoms with van der Waals surface area (Å²) in [4.78, 5) is 0. The molecule has 0 nitrogen and oxygen atoms in total. The lowest BCUT2D eigenvalue weighted by molar-refractivity contribution is 1.15. The van der Waals surface area contributed by atoms with Crippen molar-refractivity contribution < 1.29 is 0 Å². The fraction of sp³-hybridized carbons (Fsp3) is 0.0588. The van der Waals surface area contributed by atoms with E-state index in [-0.39, 0.29) is 5.38 Å². The van der Waals surface area contributed by atoms with Gasteiger partial charge in [-0.3, -0.25) is 0 Å². The van der Waals surface area contributed by atoms with E-state index in [0.29, 0.717) is 10.0 Å². The van der Waals surface area contributed by atoms with Crippen molar-refractivity contribution in [2.45, 2.75) is 5.38 Å². The van der Waals surface area contributed by atoms with E-state index in [1.54, 1.807) is 6.07 Å². The highest BCUT2D eigenvalue weighted by Gasteiger charge is 2.12. The maximum absolute atomic E-state index is 6.55. The first-order valence-corrected chi connectivity index (χ1v) is 7.42. The topological polar surface area (TPSA) is 0 Å². The first-order chi connectivity index (χ1) is 9.65. The van der Waals surface area contributed by atoms with E-state index in [4.69, 9.17) is 34.8 Å². The summed E-state index contributed by atoms with van der Waals surface area (Å²) < 4.78 is 0. The number of hydrogen-bond donors (Lipinski definition) is 0. The number of fused-ring (bicyclic) bond motifs is 1. The summed E-state index contributed by atoms with van der Waals surface area (Å²) >= 11 is 18.5. The zero-order chi connectivity index (χ0) is 14.1. The summed E-state index contributed by atoms with van der Waals surface area (Å²) in [5.41, 5.74) is 1.99. The molecule has 3 aromatic carbocycles. The van der Waals surface area contributed by atoms with Crippen LogP contribution in [0.5, 0.6) is 0 Å². The molecule has 20 heavy (non-hydrogen) atoms. The Morgan fingerprint density at radius 2 is 1.30 bits per heavy atom. The van der Waals surface area contributed by atoms with Crippen molar-refractivity contribution in [1.82, 2.24) is 0 Å². The zero-order valence-corrected chi connectivity index (χ0v) is 12.8. The molecule has 3 rings (SSSR count). The van der Waals surface area contributed by atoms with Crippen LogP contribution in [0, 0.1) is 0 Å². The molecule has 0 saturated heterocycles. The number of benzene rings is 3. The van der Waals surface area contributed by atoms with Crippen LogP contribution in [0.4, 0.5) is 0 Å². The van der Waals surface area contributed by atoms with Crippen molar-refractivity contribution in [3.05, 3.63) is 81.8 Å². The van der Waals surface area contributed by atoms with Gasteiger partial charge in [0.05, 0.1) is 15.4 Å². The third-order valence-corrected chi connectivity index (χ3v) is 4.55. The molecule has 100 valence electrons. The Morgan fingerprint density at radius 1 is 0.650 bits per heavy atom. The molecule has 0 N–H and O–H groups in total. The van der Waals surface area contributed by atoms with Gasteiger partial charge in [0.2, 0.25) is 0 Å². The average molecular weight is 322 g/mol. The van der Waals surface area contributed by atoms with Gasteiger partial charge in [0.1, 0.15) is 0 Å². The summed E-state index contributed by atoms with van der Waals surface area (Å²) in [5, 5.41) is 3.20. The lowest BCUT2D eigenvalue weighted by Crippen LogP contribution is -1.93. The van der Waals surface area contributed by atoms with Crippen LogP contribution in [-0.4, -0.2) is 0 Å². The number of halogens is 3. The van der Waals surface area contributed by atoms with Gasteiger partial charge in [-0.25, -0.2) is 0 Å². The first-order valence-electron chi connectivity index (χ1n) is 6.23. The van der Waals surface area contributed by atoms with Gasteiger partial charge in [-0.2, -0.15) is 0 Å². The van der Waals surface area contributed by atoms with Crippen LogP contribution in [0.2, 0.25) is 10.0 Å². The smallest absolute Gasteiger partial charge is 0.0836 e. The van der Waals surface area contributed by atoms with Gasteiger partial charge in [-0.05, 0) is 40.1 Å². The van der Waals surface area contributed by atoms with Crippen LogP contribution in [-0.2, 0) is 0 Å². The van der Waals surface area contributed by atoms with Gasteiger partial charge >= 0.3 is 0 Å². The molecule has 0 saturated carbocycles. The quantitative estimate of drug-likeness (QED) is 0.474. The monoisotopic (exact) mass is 320 g/mol. The van der Waals surface area contributed by atoms with Crippen LogP contribution >= 0.6 is 34.8 Å². The molecule has 0 radical (unpaired) electrons. The van der Waals surface area contributed by atoms with Crippen LogP contribution < -0.4 is 0 Å². The van der Waals surface area contributed by atoms with E-state index in [0.717, 1.165) is 11.1 Å². The number of alkyl halides is 1. The molecule has 0 aromatic heterocycles. The molecule has 0 fully saturated rings. The fourth-order valence-electron chi connectivity index (χ4n) is 2.23. The summed E-state index contributed by atoms with van der Waals surface area (Å²) in [6.45, 7) is 0. The third kappa shape index (κ3) is 2.64. The van der Waals surface area contributed by atoms with Crippen LogP contribution in [0.3, 0.4) is 0 Å². The minimum Gasteiger partial charge on any atom is -0.113 e. The number of rotatable bonds is 2. The molecular weight excluding hydrogens is 311 g/mol. The fourth-order valence-corrected chi connectivity index (χ4v) is 2.81. The molecule has 1 unspecified atom stereocenters. The van der Waals surface area contributed by atoms with Crippen LogP contribution in [0.25, 0.3) is 10.8 Å². The lowest BCUT2D eigenvalue weighted by atomic mass is 10.0. The summed E-state index contributed by atoms with van der Waals surface area (Å²) in [6, 6.07) is 19.9. The predicted molar refractivity (Wildman–Crippen MR) is 88.1 cm³/mol. The van der Waals surface area contributed by atoms with Crippen molar-refractivity contribution in [3.63, 3.8) is 0 Å². The van der Waals surface area contributed by atoms with Gasteiger partial charge in [0.25, 0.3) is 0 Å². The van der Waals surface area contributed by atoms with Crippen molar-refractivity contribution in [2.75, 3.05) is 0 Å². The second-order valence-electron chi connectivity index (χ2n) is 4.64. The van der Waals surface area contributed by atoms with Crippen molar-refractivity contribution in [1.29, 1.82) is 0 Å². The Kier molecular flexibility index (Phi) is 3.89. The van der Waals surface area contributed by atoms with Gasteiger partial charge < -0.3 is 0 Å². The van der Waals surface area contributed by atoms with E-state index >= 15 is 0 Å².